The van der Waals surface area contributed by atoms with E-state index in [-0.39, 0.29) is 0 Å². The van der Waals surface area contributed by atoms with Gasteiger partial charge in [0.1, 0.15) is 22.0 Å². The van der Waals surface area contributed by atoms with Crippen LogP contribution in [0.25, 0.3) is 20.4 Å². The zero-order valence-corrected chi connectivity index (χ0v) is 12.4. The highest BCUT2D eigenvalue weighted by Gasteiger charge is 2.11. The van der Waals surface area contributed by atoms with Crippen molar-refractivity contribution in [1.29, 1.82) is 0 Å². The topological polar surface area (TPSA) is 77.6 Å². The summed E-state index contributed by atoms with van der Waals surface area (Å²) < 4.78 is 1.05. The number of nitrogens with two attached hydrogens (primary N) is 1. The molecule has 0 radical (unpaired) electrons. The number of rotatable bonds is 2. The molecule has 20 heavy (non-hydrogen) atoms. The molecule has 0 aliphatic rings. The van der Waals surface area contributed by atoms with Gasteiger partial charge in [-0.25, -0.2) is 19.9 Å². The number of aromatic nitrogens is 4. The normalized spacial score (nSPS) is 11.4. The fraction of sp³-hybridized carbons (Fsp3) is 0. The quantitative estimate of drug-likeness (QED) is 0.451. The summed E-state index contributed by atoms with van der Waals surface area (Å²) in [4.78, 5) is 18.3. The van der Waals surface area contributed by atoms with E-state index in [2.05, 4.69) is 19.9 Å². The molecule has 0 aliphatic heterocycles. The second kappa shape index (κ2) is 4.65. The van der Waals surface area contributed by atoms with E-state index in [0.29, 0.717) is 11.0 Å². The molecule has 0 atom stereocenters. The lowest BCUT2D eigenvalue weighted by atomic mass is 10.4. The Hall–Kier alpha value is -1.77. The first-order chi connectivity index (χ1) is 9.81. The summed E-state index contributed by atoms with van der Waals surface area (Å²) in [6.45, 7) is 0. The molecule has 98 valence electrons. The maximum absolute atomic E-state index is 5.96. The first kappa shape index (κ1) is 12.0. The minimum atomic E-state index is 0.509. The maximum atomic E-state index is 5.96. The lowest BCUT2D eigenvalue weighted by Crippen LogP contribution is -1.95. The van der Waals surface area contributed by atoms with Gasteiger partial charge in [-0.05, 0) is 34.7 Å². The van der Waals surface area contributed by atoms with Crippen molar-refractivity contribution in [3.8, 4) is 0 Å². The van der Waals surface area contributed by atoms with Crippen molar-refractivity contribution in [1.82, 2.24) is 19.9 Å². The number of nitrogens with zero attached hydrogens (tertiary/aromatic N) is 4. The standard InChI is InChI=1S/C12H7N5S3/c13-9-6-1-3-19-10(6)17-12(16-9)20-11-8-7(2-4-18-8)14-5-15-11/h1-5H,(H2,13,16,17). The molecular weight excluding hydrogens is 310 g/mol. The van der Waals surface area contributed by atoms with E-state index < -0.39 is 0 Å². The SMILES string of the molecule is Nc1nc(Sc2ncnc3ccsc23)nc2sccc12. The highest BCUT2D eigenvalue weighted by atomic mass is 32.2. The maximum Gasteiger partial charge on any atom is 0.197 e. The van der Waals surface area contributed by atoms with Gasteiger partial charge < -0.3 is 5.73 Å². The van der Waals surface area contributed by atoms with Gasteiger partial charge in [0.05, 0.1) is 15.6 Å². The molecule has 0 saturated carbocycles. The molecule has 2 N–H and O–H groups in total. The van der Waals surface area contributed by atoms with Crippen LogP contribution in [-0.4, -0.2) is 19.9 Å². The average molecular weight is 317 g/mol. The molecule has 0 saturated heterocycles. The molecule has 0 spiro atoms. The molecule has 0 bridgehead atoms. The fourth-order valence-electron chi connectivity index (χ4n) is 1.83. The molecule has 0 unspecified atom stereocenters. The lowest BCUT2D eigenvalue weighted by molar-refractivity contribution is 1.01. The molecule has 0 amide bonds. The number of hydrogen-bond donors (Lipinski definition) is 1. The summed E-state index contributed by atoms with van der Waals surface area (Å²) in [6, 6.07) is 3.91. The minimum Gasteiger partial charge on any atom is -0.383 e. The summed E-state index contributed by atoms with van der Waals surface area (Å²) in [7, 11) is 0. The summed E-state index contributed by atoms with van der Waals surface area (Å²) in [6.07, 6.45) is 1.56. The molecule has 8 heteroatoms. The van der Waals surface area contributed by atoms with E-state index in [1.165, 1.54) is 11.8 Å². The van der Waals surface area contributed by atoms with E-state index in [4.69, 9.17) is 5.73 Å². The van der Waals surface area contributed by atoms with Crippen molar-refractivity contribution in [3.63, 3.8) is 0 Å². The van der Waals surface area contributed by atoms with Crippen molar-refractivity contribution < 1.29 is 0 Å². The van der Waals surface area contributed by atoms with Crippen LogP contribution in [0.3, 0.4) is 0 Å². The fourth-order valence-corrected chi connectivity index (χ4v) is 4.41. The van der Waals surface area contributed by atoms with Crippen LogP contribution in [0.4, 0.5) is 5.82 Å². The Morgan fingerprint density at radius 1 is 1.05 bits per heavy atom. The van der Waals surface area contributed by atoms with E-state index >= 15 is 0 Å². The van der Waals surface area contributed by atoms with Crippen LogP contribution in [0.5, 0.6) is 0 Å². The Morgan fingerprint density at radius 2 is 1.95 bits per heavy atom. The predicted molar refractivity (Wildman–Crippen MR) is 83.4 cm³/mol. The van der Waals surface area contributed by atoms with Gasteiger partial charge in [0.15, 0.2) is 5.16 Å². The zero-order chi connectivity index (χ0) is 13.5. The largest absolute Gasteiger partial charge is 0.383 e. The van der Waals surface area contributed by atoms with Gasteiger partial charge in [0, 0.05) is 0 Å². The smallest absolute Gasteiger partial charge is 0.197 e. The van der Waals surface area contributed by atoms with E-state index in [0.717, 1.165) is 25.5 Å². The third-order valence-corrected chi connectivity index (χ3v) is 5.45. The van der Waals surface area contributed by atoms with Gasteiger partial charge in [-0.2, -0.15) is 0 Å². The van der Waals surface area contributed by atoms with Gasteiger partial charge in [-0.3, -0.25) is 0 Å². The van der Waals surface area contributed by atoms with Crippen molar-refractivity contribution in [3.05, 3.63) is 29.2 Å². The van der Waals surface area contributed by atoms with E-state index in [1.807, 2.05) is 22.9 Å². The van der Waals surface area contributed by atoms with Gasteiger partial charge in [-0.1, -0.05) is 0 Å². The highest BCUT2D eigenvalue weighted by molar-refractivity contribution is 7.99. The summed E-state index contributed by atoms with van der Waals surface area (Å²) in [5.74, 6) is 0.509. The molecule has 4 rings (SSSR count). The summed E-state index contributed by atoms with van der Waals surface area (Å²) in [5.41, 5.74) is 6.90. The van der Waals surface area contributed by atoms with Gasteiger partial charge in [-0.15, -0.1) is 22.7 Å². The van der Waals surface area contributed by atoms with Crippen LogP contribution in [0, 0.1) is 0 Å². The van der Waals surface area contributed by atoms with Crippen molar-refractivity contribution in [2.75, 3.05) is 5.73 Å². The summed E-state index contributed by atoms with van der Waals surface area (Å²) >= 11 is 4.59. The molecule has 4 aromatic rings. The first-order valence-electron chi connectivity index (χ1n) is 5.68. The van der Waals surface area contributed by atoms with Crippen LogP contribution >= 0.6 is 34.4 Å². The Morgan fingerprint density at radius 3 is 2.90 bits per heavy atom. The average Bonchev–Trinajstić information content (AvgIpc) is 3.06. The minimum absolute atomic E-state index is 0.509. The predicted octanol–water partition coefficient (Wildman–Crippen LogP) is 3.43. The Kier molecular flexibility index (Phi) is 2.79. The van der Waals surface area contributed by atoms with Crippen LogP contribution in [-0.2, 0) is 0 Å². The van der Waals surface area contributed by atoms with Crippen molar-refractivity contribution in [2.45, 2.75) is 10.2 Å². The third kappa shape index (κ3) is 1.92. The van der Waals surface area contributed by atoms with Crippen molar-refractivity contribution >= 4 is 60.7 Å². The molecule has 4 aromatic heterocycles. The zero-order valence-electron chi connectivity index (χ0n) is 9.98. The van der Waals surface area contributed by atoms with Crippen LogP contribution in [0.2, 0.25) is 0 Å². The Labute approximate surface area is 125 Å². The Bertz CT molecular complexity index is 914. The third-order valence-electron chi connectivity index (χ3n) is 2.73. The van der Waals surface area contributed by atoms with Crippen LogP contribution < -0.4 is 5.73 Å². The number of hydrogen-bond acceptors (Lipinski definition) is 8. The van der Waals surface area contributed by atoms with E-state index in [9.17, 15) is 0 Å². The van der Waals surface area contributed by atoms with Gasteiger partial charge >= 0.3 is 0 Å². The number of thiophene rings is 2. The summed E-state index contributed by atoms with van der Waals surface area (Å²) in [5, 5.41) is 6.35. The number of anilines is 1. The number of fused-ring (bicyclic) bond motifs is 2. The second-order valence-corrected chi connectivity index (χ2v) is 6.71. The Balaban J connectivity index is 1.82. The van der Waals surface area contributed by atoms with Crippen molar-refractivity contribution in [2.24, 2.45) is 0 Å². The lowest BCUT2D eigenvalue weighted by Gasteiger charge is -2.02. The first-order valence-corrected chi connectivity index (χ1v) is 8.25. The highest BCUT2D eigenvalue weighted by Crippen LogP contribution is 2.34. The molecular formula is C12H7N5S3. The molecule has 0 aliphatic carbocycles. The van der Waals surface area contributed by atoms with E-state index in [1.54, 1.807) is 29.0 Å². The second-order valence-electron chi connectivity index (χ2n) is 3.95. The monoisotopic (exact) mass is 317 g/mol. The molecule has 0 aromatic carbocycles. The van der Waals surface area contributed by atoms with Crippen LogP contribution in [0.1, 0.15) is 0 Å². The van der Waals surface area contributed by atoms with Gasteiger partial charge in [0.2, 0.25) is 0 Å². The number of nitrogen functional groups attached to an aromatic ring is 1. The molecule has 5 nitrogen and oxygen atoms in total. The molecule has 0 fully saturated rings. The van der Waals surface area contributed by atoms with Crippen LogP contribution in [0.15, 0.2) is 39.4 Å². The molecule has 4 heterocycles. The van der Waals surface area contributed by atoms with Gasteiger partial charge in [0.25, 0.3) is 0 Å².